The van der Waals surface area contributed by atoms with E-state index in [9.17, 15) is 9.59 Å². The lowest BCUT2D eigenvalue weighted by Gasteiger charge is -2.13. The minimum atomic E-state index is -0.0669. The van der Waals surface area contributed by atoms with Crippen molar-refractivity contribution in [1.29, 1.82) is 0 Å². The summed E-state index contributed by atoms with van der Waals surface area (Å²) in [6, 6.07) is 1.51. The van der Waals surface area contributed by atoms with Crippen LogP contribution in [0.4, 0.5) is 0 Å². The summed E-state index contributed by atoms with van der Waals surface area (Å²) in [6.45, 7) is 4.68. The van der Waals surface area contributed by atoms with Gasteiger partial charge in [0.25, 0.3) is 5.56 Å². The molecular weight excluding hydrogens is 262 g/mol. The lowest BCUT2D eigenvalue weighted by atomic mass is 10.2. The van der Waals surface area contributed by atoms with Gasteiger partial charge in [0.1, 0.15) is 0 Å². The molecule has 1 aromatic rings. The number of thioether (sulfide) groups is 1. The van der Waals surface area contributed by atoms with E-state index in [1.807, 2.05) is 13.8 Å². The Balaban J connectivity index is 2.13. The minimum Gasteiger partial charge on any atom is -0.356 e. The average Bonchev–Trinajstić information content (AvgIpc) is 2.79. The summed E-state index contributed by atoms with van der Waals surface area (Å²) in [5, 5.41) is 3.60. The first-order valence-corrected chi connectivity index (χ1v) is 7.66. The maximum absolute atomic E-state index is 12.1. The van der Waals surface area contributed by atoms with Gasteiger partial charge in [-0.25, -0.2) is 4.98 Å². The topological polar surface area (TPSA) is 64.0 Å². The summed E-state index contributed by atoms with van der Waals surface area (Å²) in [5.74, 6) is 0.751. The van der Waals surface area contributed by atoms with Crippen molar-refractivity contribution in [3.05, 3.63) is 22.1 Å². The van der Waals surface area contributed by atoms with Crippen molar-refractivity contribution in [2.24, 2.45) is 0 Å². The zero-order chi connectivity index (χ0) is 13.8. The molecule has 6 heteroatoms. The van der Waals surface area contributed by atoms with Crippen molar-refractivity contribution >= 4 is 17.7 Å². The van der Waals surface area contributed by atoms with Gasteiger partial charge in [-0.2, -0.15) is 0 Å². The van der Waals surface area contributed by atoms with E-state index in [1.165, 1.54) is 0 Å². The van der Waals surface area contributed by atoms with E-state index in [0.29, 0.717) is 13.0 Å². The predicted molar refractivity (Wildman–Crippen MR) is 75.6 cm³/mol. The molecule has 2 heterocycles. The summed E-state index contributed by atoms with van der Waals surface area (Å²) < 4.78 is 1.66. The third-order valence-corrected chi connectivity index (χ3v) is 4.20. The third kappa shape index (κ3) is 3.18. The van der Waals surface area contributed by atoms with Crippen LogP contribution in [0.1, 0.15) is 38.4 Å². The SMILES string of the molecule is CCCNC(=O)CC1CSc2nc(CC)cc(=O)n21. The zero-order valence-electron chi connectivity index (χ0n) is 11.3. The standard InChI is InChI=1S/C13H19N3O2S/c1-3-5-14-11(17)7-10-8-19-13-15-9(4-2)6-12(18)16(10)13/h6,10H,3-5,7-8H2,1-2H3,(H,14,17). The summed E-state index contributed by atoms with van der Waals surface area (Å²) in [5.41, 5.74) is 0.778. The number of rotatable bonds is 5. The van der Waals surface area contributed by atoms with Gasteiger partial charge in [0.05, 0.1) is 6.04 Å². The fraction of sp³-hybridized carbons (Fsp3) is 0.615. The van der Waals surface area contributed by atoms with Crippen molar-refractivity contribution in [3.63, 3.8) is 0 Å². The number of aryl methyl sites for hydroxylation is 1. The number of aromatic nitrogens is 2. The van der Waals surface area contributed by atoms with Gasteiger partial charge in [0.15, 0.2) is 5.16 Å². The van der Waals surface area contributed by atoms with E-state index in [2.05, 4.69) is 10.3 Å². The second kappa shape index (κ2) is 6.23. The Kier molecular flexibility index (Phi) is 4.63. The van der Waals surface area contributed by atoms with Crippen molar-refractivity contribution in [2.75, 3.05) is 12.3 Å². The van der Waals surface area contributed by atoms with Gasteiger partial charge < -0.3 is 5.32 Å². The molecule has 0 saturated carbocycles. The van der Waals surface area contributed by atoms with Crippen LogP contribution in [0.15, 0.2) is 16.0 Å². The maximum Gasteiger partial charge on any atom is 0.254 e. The second-order valence-electron chi connectivity index (χ2n) is 4.61. The molecule has 0 spiro atoms. The number of amides is 1. The smallest absolute Gasteiger partial charge is 0.254 e. The number of hydrogen-bond acceptors (Lipinski definition) is 4. The molecule has 1 atom stereocenters. The van der Waals surface area contributed by atoms with E-state index in [1.54, 1.807) is 22.4 Å². The summed E-state index contributed by atoms with van der Waals surface area (Å²) in [7, 11) is 0. The van der Waals surface area contributed by atoms with E-state index in [4.69, 9.17) is 0 Å². The third-order valence-electron chi connectivity index (χ3n) is 3.10. The molecule has 0 saturated heterocycles. The molecule has 0 aliphatic carbocycles. The highest BCUT2D eigenvalue weighted by atomic mass is 32.2. The fourth-order valence-corrected chi connectivity index (χ4v) is 3.25. The number of nitrogens with one attached hydrogen (secondary N) is 1. The predicted octanol–water partition coefficient (Wildman–Crippen LogP) is 1.37. The molecule has 0 bridgehead atoms. The molecule has 1 aliphatic heterocycles. The van der Waals surface area contributed by atoms with Crippen LogP contribution in [0.5, 0.6) is 0 Å². The van der Waals surface area contributed by atoms with Crippen molar-refractivity contribution in [3.8, 4) is 0 Å². The van der Waals surface area contributed by atoms with Gasteiger partial charge in [-0.3, -0.25) is 14.2 Å². The maximum atomic E-state index is 12.1. The minimum absolute atomic E-state index is 0.00627. The summed E-state index contributed by atoms with van der Waals surface area (Å²) in [4.78, 5) is 28.3. The van der Waals surface area contributed by atoms with Gasteiger partial charge in [-0.1, -0.05) is 25.6 Å². The Morgan fingerprint density at radius 3 is 3.05 bits per heavy atom. The second-order valence-corrected chi connectivity index (χ2v) is 5.60. The molecule has 19 heavy (non-hydrogen) atoms. The Morgan fingerprint density at radius 1 is 1.58 bits per heavy atom. The highest BCUT2D eigenvalue weighted by molar-refractivity contribution is 7.99. The zero-order valence-corrected chi connectivity index (χ0v) is 12.1. The van der Waals surface area contributed by atoms with Crippen LogP contribution in [0.3, 0.4) is 0 Å². The lowest BCUT2D eigenvalue weighted by Crippen LogP contribution is -2.31. The van der Waals surface area contributed by atoms with E-state index in [0.717, 1.165) is 29.4 Å². The van der Waals surface area contributed by atoms with Crippen LogP contribution in [0.2, 0.25) is 0 Å². The van der Waals surface area contributed by atoms with Gasteiger partial charge in [0, 0.05) is 30.5 Å². The van der Waals surface area contributed by atoms with Gasteiger partial charge >= 0.3 is 0 Å². The Hall–Kier alpha value is -1.30. The Morgan fingerprint density at radius 2 is 2.37 bits per heavy atom. The molecule has 1 N–H and O–H groups in total. The van der Waals surface area contributed by atoms with E-state index >= 15 is 0 Å². The molecule has 5 nitrogen and oxygen atoms in total. The number of fused-ring (bicyclic) bond motifs is 1. The highest BCUT2D eigenvalue weighted by Gasteiger charge is 2.27. The molecule has 2 rings (SSSR count). The van der Waals surface area contributed by atoms with Crippen molar-refractivity contribution in [2.45, 2.75) is 44.3 Å². The van der Waals surface area contributed by atoms with Crippen LogP contribution < -0.4 is 10.9 Å². The molecule has 1 amide bonds. The highest BCUT2D eigenvalue weighted by Crippen LogP contribution is 2.31. The van der Waals surface area contributed by atoms with Crippen molar-refractivity contribution in [1.82, 2.24) is 14.9 Å². The van der Waals surface area contributed by atoms with Crippen molar-refractivity contribution < 1.29 is 4.79 Å². The first-order chi connectivity index (χ1) is 9.15. The van der Waals surface area contributed by atoms with Crippen LogP contribution in [-0.2, 0) is 11.2 Å². The number of nitrogens with zero attached hydrogens (tertiary/aromatic N) is 2. The molecule has 1 unspecified atom stereocenters. The lowest BCUT2D eigenvalue weighted by molar-refractivity contribution is -0.121. The molecule has 104 valence electrons. The van der Waals surface area contributed by atoms with Crippen LogP contribution in [-0.4, -0.2) is 27.8 Å². The average molecular weight is 281 g/mol. The monoisotopic (exact) mass is 281 g/mol. The fourth-order valence-electron chi connectivity index (χ4n) is 2.08. The number of hydrogen-bond donors (Lipinski definition) is 1. The van der Waals surface area contributed by atoms with E-state index < -0.39 is 0 Å². The summed E-state index contributed by atoms with van der Waals surface area (Å²) >= 11 is 1.56. The van der Waals surface area contributed by atoms with Crippen LogP contribution in [0.25, 0.3) is 0 Å². The van der Waals surface area contributed by atoms with Gasteiger partial charge in [-0.15, -0.1) is 0 Å². The summed E-state index contributed by atoms with van der Waals surface area (Å²) in [6.07, 6.45) is 2.03. The van der Waals surface area contributed by atoms with E-state index in [-0.39, 0.29) is 17.5 Å². The van der Waals surface area contributed by atoms with Crippen LogP contribution >= 0.6 is 11.8 Å². The van der Waals surface area contributed by atoms with Gasteiger partial charge in [0.2, 0.25) is 5.91 Å². The molecule has 1 aromatic heterocycles. The first-order valence-electron chi connectivity index (χ1n) is 6.67. The Labute approximate surface area is 116 Å². The first kappa shape index (κ1) is 14.1. The molecule has 1 aliphatic rings. The molecular formula is C13H19N3O2S. The van der Waals surface area contributed by atoms with Crippen LogP contribution in [0, 0.1) is 0 Å². The largest absolute Gasteiger partial charge is 0.356 e. The Bertz CT molecular complexity index is 527. The molecule has 0 radical (unpaired) electrons. The molecule has 0 fully saturated rings. The quantitative estimate of drug-likeness (QED) is 0.828. The number of carbonyl (C=O) groups excluding carboxylic acids is 1. The normalized spacial score (nSPS) is 17.3. The van der Waals surface area contributed by atoms with Gasteiger partial charge in [-0.05, 0) is 12.8 Å². The number of carbonyl (C=O) groups is 1. The molecule has 0 aromatic carbocycles.